The minimum atomic E-state index is -4.87. The minimum absolute atomic E-state index is 0. The van der Waals surface area contributed by atoms with Crippen LogP contribution in [0.15, 0.2) is 86.7 Å². The largest absolute Gasteiger partial charge is 0.744 e. The second kappa shape index (κ2) is 9.19. The highest BCUT2D eigenvalue weighted by Gasteiger charge is 2.15. The highest BCUT2D eigenvalue weighted by molar-refractivity contribution is 7.86. The van der Waals surface area contributed by atoms with Crippen LogP contribution in [0, 0.1) is 0 Å². The van der Waals surface area contributed by atoms with E-state index in [0.717, 1.165) is 12.1 Å². The van der Waals surface area contributed by atoms with Gasteiger partial charge in [0.05, 0.1) is 15.5 Å². The number of aromatic hydroxyl groups is 1. The number of quaternary nitrogens is 2. The highest BCUT2D eigenvalue weighted by Crippen LogP contribution is 2.40. The lowest BCUT2D eigenvalue weighted by Gasteiger charge is -2.13. The maximum atomic E-state index is 11.7. The fourth-order valence-electron chi connectivity index (χ4n) is 3.26. The second-order valence-electron chi connectivity index (χ2n) is 6.52. The summed E-state index contributed by atoms with van der Waals surface area (Å²) >= 11 is 0. The van der Waals surface area contributed by atoms with Gasteiger partial charge in [0, 0.05) is 21.5 Å². The zero-order chi connectivity index (χ0) is 22.4. The van der Waals surface area contributed by atoms with E-state index in [4.69, 9.17) is 0 Å². The fourth-order valence-corrected chi connectivity index (χ4v) is 4.65. The van der Waals surface area contributed by atoms with Gasteiger partial charge in [-0.3, -0.25) is 0 Å². The van der Waals surface area contributed by atoms with Crippen molar-refractivity contribution in [2.45, 2.75) is 9.79 Å². The van der Waals surface area contributed by atoms with Gasteiger partial charge in [-0.05, 0) is 18.2 Å². The molecule has 0 saturated heterocycles. The molecule has 33 heavy (non-hydrogen) atoms. The summed E-state index contributed by atoms with van der Waals surface area (Å²) in [6.07, 6.45) is 0. The summed E-state index contributed by atoms with van der Waals surface area (Å²) in [6.45, 7) is 0. The van der Waals surface area contributed by atoms with E-state index >= 15 is 0 Å². The topological polar surface area (TPSA) is 232 Å². The summed E-state index contributed by atoms with van der Waals surface area (Å²) in [5, 5.41) is 19.0. The van der Waals surface area contributed by atoms with Gasteiger partial charge in [-0.25, -0.2) is 16.8 Å². The third-order valence-corrected chi connectivity index (χ3v) is 6.39. The van der Waals surface area contributed by atoms with Gasteiger partial charge in [0.1, 0.15) is 25.9 Å². The van der Waals surface area contributed by atoms with Crippen LogP contribution in [0.4, 0.5) is 11.4 Å². The summed E-state index contributed by atoms with van der Waals surface area (Å²) in [6, 6.07) is 15.3. The number of fused-ring (bicyclic) bond motifs is 2. The van der Waals surface area contributed by atoms with Gasteiger partial charge in [-0.15, -0.1) is 10.2 Å². The maximum Gasteiger partial charge on any atom is 0.150 e. The number of nitrogens with zero attached hydrogens (tertiary/aromatic N) is 2. The van der Waals surface area contributed by atoms with Crippen LogP contribution >= 0.6 is 0 Å². The molecule has 4 aromatic carbocycles. The molecule has 11 nitrogen and oxygen atoms in total. The van der Waals surface area contributed by atoms with Gasteiger partial charge < -0.3 is 26.5 Å². The van der Waals surface area contributed by atoms with E-state index in [-0.39, 0.29) is 45.6 Å². The lowest BCUT2D eigenvalue weighted by Crippen LogP contribution is -1.99. The van der Waals surface area contributed by atoms with Crippen LogP contribution in [0.5, 0.6) is 5.75 Å². The number of rotatable bonds is 4. The van der Waals surface area contributed by atoms with Crippen molar-refractivity contribution in [3.8, 4) is 5.75 Å². The van der Waals surface area contributed by atoms with Crippen molar-refractivity contribution in [2.75, 3.05) is 0 Å². The molecule has 0 fully saturated rings. The van der Waals surface area contributed by atoms with Crippen LogP contribution in [0.2, 0.25) is 0 Å². The summed E-state index contributed by atoms with van der Waals surface area (Å²) in [7, 11) is -9.60. The Bertz CT molecular complexity index is 1600. The molecule has 0 amide bonds. The number of phenolic OH excluding ortho intramolecular Hbond substituents is 1. The first-order valence-corrected chi connectivity index (χ1v) is 11.5. The average Bonchev–Trinajstić information content (AvgIpc) is 2.71. The number of azo groups is 1. The molecule has 9 N–H and O–H groups in total. The first kappa shape index (κ1) is 25.8. The summed E-state index contributed by atoms with van der Waals surface area (Å²) in [5.41, 5.74) is -0.0974. The number of hydrogen-bond donors (Lipinski definition) is 3. The molecule has 0 aliphatic carbocycles. The fraction of sp³-hybridized carbons (Fsp3) is 0. The van der Waals surface area contributed by atoms with Gasteiger partial charge in [-0.2, -0.15) is 0 Å². The average molecular weight is 493 g/mol. The molecule has 0 unspecified atom stereocenters. The smallest absolute Gasteiger partial charge is 0.150 e. The van der Waals surface area contributed by atoms with Gasteiger partial charge in [0.15, 0.2) is 5.75 Å². The van der Waals surface area contributed by atoms with Gasteiger partial charge in [0.25, 0.3) is 0 Å². The van der Waals surface area contributed by atoms with Crippen molar-refractivity contribution >= 4 is 53.2 Å². The number of phenols is 1. The third-order valence-electron chi connectivity index (χ3n) is 4.62. The zero-order valence-corrected chi connectivity index (χ0v) is 19.1. The van der Waals surface area contributed by atoms with E-state index in [0.29, 0.717) is 5.39 Å². The van der Waals surface area contributed by atoms with Crippen molar-refractivity contribution in [2.24, 2.45) is 10.2 Å². The Kier molecular flexibility index (Phi) is 7.18. The Morgan fingerprint density at radius 2 is 1.06 bits per heavy atom. The molecule has 0 atom stereocenters. The van der Waals surface area contributed by atoms with Gasteiger partial charge in [-0.1, -0.05) is 48.5 Å². The number of hydrogen-bond acceptors (Lipinski definition) is 9. The van der Waals surface area contributed by atoms with Crippen LogP contribution < -0.4 is 12.3 Å². The van der Waals surface area contributed by atoms with E-state index < -0.39 is 30.0 Å². The molecule has 0 bridgehead atoms. The molecular weight excluding hydrogens is 472 g/mol. The van der Waals surface area contributed by atoms with Crippen LogP contribution in [0.1, 0.15) is 0 Å². The lowest BCUT2D eigenvalue weighted by molar-refractivity contribution is 0.461. The van der Waals surface area contributed by atoms with Crippen molar-refractivity contribution in [3.05, 3.63) is 66.7 Å². The van der Waals surface area contributed by atoms with Crippen LogP contribution in [0.25, 0.3) is 21.5 Å². The predicted octanol–water partition coefficient (Wildman–Crippen LogP) is 4.67. The van der Waals surface area contributed by atoms with Crippen molar-refractivity contribution in [1.82, 2.24) is 12.3 Å². The molecule has 13 heteroatoms. The number of benzene rings is 4. The molecule has 0 spiro atoms. The monoisotopic (exact) mass is 492 g/mol. The molecule has 0 radical (unpaired) electrons. The van der Waals surface area contributed by atoms with E-state index in [1.54, 1.807) is 18.2 Å². The Morgan fingerprint density at radius 3 is 1.61 bits per heavy atom. The SMILES string of the molecule is O=S(=O)([O-])c1ccc(N=Nc2cc(S(=O)(=O)[O-])c3ccccc3c2O)c2ccccc12.[NH4+].[NH4+]. The lowest BCUT2D eigenvalue weighted by atomic mass is 10.1. The molecule has 0 saturated carbocycles. The molecule has 174 valence electrons. The maximum absolute atomic E-state index is 11.7. The van der Waals surface area contributed by atoms with Gasteiger partial charge in [0.2, 0.25) is 0 Å². The van der Waals surface area contributed by atoms with Crippen LogP contribution in [-0.4, -0.2) is 31.0 Å². The van der Waals surface area contributed by atoms with E-state index in [9.17, 15) is 31.0 Å². The van der Waals surface area contributed by atoms with E-state index in [1.807, 2.05) is 0 Å². The Labute approximate surface area is 189 Å². The summed E-state index contributed by atoms with van der Waals surface area (Å²) in [4.78, 5) is -0.983. The van der Waals surface area contributed by atoms with E-state index in [2.05, 4.69) is 10.2 Å². The second-order valence-corrected chi connectivity index (χ2v) is 9.22. The van der Waals surface area contributed by atoms with Crippen molar-refractivity contribution < 1.29 is 31.0 Å². The van der Waals surface area contributed by atoms with Gasteiger partial charge >= 0.3 is 0 Å². The first-order chi connectivity index (χ1) is 14.6. The molecule has 0 aliphatic rings. The quantitative estimate of drug-likeness (QED) is 0.268. The molecule has 0 heterocycles. The summed E-state index contributed by atoms with van der Waals surface area (Å²) in [5.74, 6) is -0.380. The predicted molar refractivity (Wildman–Crippen MR) is 122 cm³/mol. The molecule has 4 rings (SSSR count). The van der Waals surface area contributed by atoms with Crippen LogP contribution in [-0.2, 0) is 20.2 Å². The van der Waals surface area contributed by atoms with Crippen molar-refractivity contribution in [1.29, 1.82) is 0 Å². The van der Waals surface area contributed by atoms with E-state index in [1.165, 1.54) is 36.4 Å². The summed E-state index contributed by atoms with van der Waals surface area (Å²) < 4.78 is 69.6. The Balaban J connectivity index is 0.00000193. The standard InChI is InChI=1S/C20H14N2O7S2.2H3N/c23-20-15-8-4-3-7-14(15)19(31(27,28)29)11-17(20)22-21-16-9-10-18(30(24,25)26)13-6-2-1-5-12(13)16;;/h1-11,23H,(H,24,25,26)(H,27,28,29);2*1H3. The Hall–Kier alpha value is -3.46. The molecule has 0 aliphatic heterocycles. The zero-order valence-electron chi connectivity index (χ0n) is 17.5. The minimum Gasteiger partial charge on any atom is -0.744 e. The Morgan fingerprint density at radius 1 is 0.606 bits per heavy atom. The van der Waals surface area contributed by atoms with Crippen molar-refractivity contribution in [3.63, 3.8) is 0 Å². The highest BCUT2D eigenvalue weighted by atomic mass is 32.2. The third kappa shape index (κ3) is 4.83. The van der Waals surface area contributed by atoms with Crippen LogP contribution in [0.3, 0.4) is 0 Å². The normalized spacial score (nSPS) is 11.9. The first-order valence-electron chi connectivity index (χ1n) is 8.67. The molecule has 0 aromatic heterocycles. The molecular formula is C20H20N4O7S2. The molecule has 4 aromatic rings.